The minimum atomic E-state index is -0.0536. The van der Waals surface area contributed by atoms with Crippen LogP contribution in [0.3, 0.4) is 0 Å². The Morgan fingerprint density at radius 3 is 3.18 bits per heavy atom. The van der Waals surface area contributed by atoms with Gasteiger partial charge in [-0.2, -0.15) is 0 Å². The first-order chi connectivity index (χ1) is 8.16. The number of rotatable bonds is 1. The summed E-state index contributed by atoms with van der Waals surface area (Å²) in [7, 11) is 0. The summed E-state index contributed by atoms with van der Waals surface area (Å²) in [6, 6.07) is 2.01. The number of nitrogens with zero attached hydrogens (tertiary/aromatic N) is 2. The van der Waals surface area contributed by atoms with Crippen molar-refractivity contribution in [3.05, 3.63) is 18.0 Å². The van der Waals surface area contributed by atoms with Crippen LogP contribution in [0.5, 0.6) is 0 Å². The summed E-state index contributed by atoms with van der Waals surface area (Å²) in [6.45, 7) is 5.27. The highest BCUT2D eigenvalue weighted by Gasteiger charge is 2.19. The van der Waals surface area contributed by atoms with E-state index in [0.717, 1.165) is 41.1 Å². The van der Waals surface area contributed by atoms with E-state index in [-0.39, 0.29) is 5.91 Å². The zero-order valence-corrected chi connectivity index (χ0v) is 9.87. The van der Waals surface area contributed by atoms with E-state index in [1.807, 2.05) is 19.3 Å². The Labute approximate surface area is 98.8 Å². The van der Waals surface area contributed by atoms with Crippen molar-refractivity contribution in [1.82, 2.24) is 9.55 Å². The molecule has 2 heterocycles. The lowest BCUT2D eigenvalue weighted by atomic mass is 10.1. The van der Waals surface area contributed by atoms with Gasteiger partial charge in [-0.1, -0.05) is 0 Å². The van der Waals surface area contributed by atoms with Crippen molar-refractivity contribution >= 4 is 28.3 Å². The van der Waals surface area contributed by atoms with Gasteiger partial charge in [0.15, 0.2) is 0 Å². The quantitative estimate of drug-likeness (QED) is 0.784. The summed E-state index contributed by atoms with van der Waals surface area (Å²) >= 11 is 0. The zero-order valence-electron chi connectivity index (χ0n) is 9.87. The molecule has 0 spiro atoms. The number of hydrogen-bond donors (Lipinski definition) is 2. The fraction of sp³-hybridized carbons (Fsp3) is 0.333. The number of imidazole rings is 1. The van der Waals surface area contributed by atoms with Gasteiger partial charge in [-0.05, 0) is 18.6 Å². The van der Waals surface area contributed by atoms with Crippen molar-refractivity contribution in [2.24, 2.45) is 0 Å². The monoisotopic (exact) mass is 230 g/mol. The van der Waals surface area contributed by atoms with Gasteiger partial charge in [0.05, 0.1) is 28.7 Å². The standard InChI is InChI=1S/C12H14N4O/c1-7-5-9-12-11(10(7)15-8(2)17)13-3-4-16(12)6-14-9/h5-6,13H,3-4H2,1-2H3,(H,15,17). The summed E-state index contributed by atoms with van der Waals surface area (Å²) < 4.78 is 2.12. The lowest BCUT2D eigenvalue weighted by Crippen LogP contribution is -2.19. The molecule has 5 nitrogen and oxygen atoms in total. The molecule has 0 atom stereocenters. The van der Waals surface area contributed by atoms with E-state index < -0.39 is 0 Å². The van der Waals surface area contributed by atoms with Crippen LogP contribution < -0.4 is 10.6 Å². The first kappa shape index (κ1) is 10.1. The van der Waals surface area contributed by atoms with Crippen LogP contribution >= 0.6 is 0 Å². The summed E-state index contributed by atoms with van der Waals surface area (Å²) in [5.41, 5.74) is 4.93. The fourth-order valence-corrected chi connectivity index (χ4v) is 2.35. The summed E-state index contributed by atoms with van der Waals surface area (Å²) in [5.74, 6) is -0.0536. The molecule has 0 fully saturated rings. The van der Waals surface area contributed by atoms with Crippen LogP contribution in [0.15, 0.2) is 12.4 Å². The second-order valence-electron chi connectivity index (χ2n) is 4.36. The number of amides is 1. The fourth-order valence-electron chi connectivity index (χ4n) is 2.35. The molecular formula is C12H14N4O. The first-order valence-corrected chi connectivity index (χ1v) is 5.66. The molecule has 1 aliphatic rings. The molecule has 3 rings (SSSR count). The van der Waals surface area contributed by atoms with Gasteiger partial charge >= 0.3 is 0 Å². The molecular weight excluding hydrogens is 216 g/mol. The Bertz CT molecular complexity index is 614. The molecule has 17 heavy (non-hydrogen) atoms. The van der Waals surface area contributed by atoms with Gasteiger partial charge in [-0.15, -0.1) is 0 Å². The number of nitrogens with one attached hydrogen (secondary N) is 2. The van der Waals surface area contributed by atoms with Crippen molar-refractivity contribution in [2.75, 3.05) is 17.2 Å². The van der Waals surface area contributed by atoms with E-state index in [4.69, 9.17) is 0 Å². The minimum Gasteiger partial charge on any atom is -0.380 e. The van der Waals surface area contributed by atoms with E-state index >= 15 is 0 Å². The SMILES string of the molecule is CC(=O)Nc1c(C)cc2ncn3c2c1NCC3. The molecule has 0 saturated carbocycles. The zero-order chi connectivity index (χ0) is 12.0. The van der Waals surface area contributed by atoms with Crippen molar-refractivity contribution in [3.8, 4) is 0 Å². The maximum atomic E-state index is 11.2. The predicted molar refractivity (Wildman–Crippen MR) is 67.3 cm³/mol. The van der Waals surface area contributed by atoms with Gasteiger partial charge in [0.1, 0.15) is 0 Å². The van der Waals surface area contributed by atoms with E-state index in [1.165, 1.54) is 6.92 Å². The van der Waals surface area contributed by atoms with Crippen LogP contribution in [-0.2, 0) is 11.3 Å². The van der Waals surface area contributed by atoms with Gasteiger partial charge in [-0.25, -0.2) is 4.98 Å². The summed E-state index contributed by atoms with van der Waals surface area (Å²) in [4.78, 5) is 15.6. The number of anilines is 2. The molecule has 1 amide bonds. The van der Waals surface area contributed by atoms with Crippen LogP contribution in [0.1, 0.15) is 12.5 Å². The Kier molecular flexibility index (Phi) is 2.07. The first-order valence-electron chi connectivity index (χ1n) is 5.66. The molecule has 2 N–H and O–H groups in total. The molecule has 2 aromatic rings. The largest absolute Gasteiger partial charge is 0.380 e. The molecule has 0 radical (unpaired) electrons. The van der Waals surface area contributed by atoms with Crippen molar-refractivity contribution in [3.63, 3.8) is 0 Å². The lowest BCUT2D eigenvalue weighted by Gasteiger charge is -2.21. The number of aromatic nitrogens is 2. The Hall–Kier alpha value is -2.04. The van der Waals surface area contributed by atoms with Gasteiger partial charge in [0.2, 0.25) is 5.91 Å². The van der Waals surface area contributed by atoms with Gasteiger partial charge in [0.25, 0.3) is 0 Å². The number of hydrogen-bond acceptors (Lipinski definition) is 3. The van der Waals surface area contributed by atoms with Crippen LogP contribution in [0.25, 0.3) is 11.0 Å². The lowest BCUT2D eigenvalue weighted by molar-refractivity contribution is -0.114. The molecule has 1 aromatic carbocycles. The van der Waals surface area contributed by atoms with Gasteiger partial charge in [-0.3, -0.25) is 4.79 Å². The van der Waals surface area contributed by atoms with Crippen molar-refractivity contribution < 1.29 is 4.79 Å². The van der Waals surface area contributed by atoms with Crippen LogP contribution in [0.4, 0.5) is 11.4 Å². The average molecular weight is 230 g/mol. The average Bonchev–Trinajstić information content (AvgIpc) is 2.68. The molecule has 5 heteroatoms. The molecule has 88 valence electrons. The van der Waals surface area contributed by atoms with Crippen LogP contribution in [0, 0.1) is 6.92 Å². The Morgan fingerprint density at radius 1 is 1.59 bits per heavy atom. The number of aryl methyl sites for hydroxylation is 1. The summed E-state index contributed by atoms with van der Waals surface area (Å²) in [5, 5.41) is 6.25. The molecule has 0 bridgehead atoms. The predicted octanol–water partition coefficient (Wildman–Crippen LogP) is 1.73. The smallest absolute Gasteiger partial charge is 0.221 e. The van der Waals surface area contributed by atoms with E-state index in [1.54, 1.807) is 0 Å². The van der Waals surface area contributed by atoms with Crippen molar-refractivity contribution in [2.45, 2.75) is 20.4 Å². The molecule has 1 aliphatic heterocycles. The van der Waals surface area contributed by atoms with E-state index in [0.29, 0.717) is 0 Å². The number of carbonyl (C=O) groups is 1. The highest BCUT2D eigenvalue weighted by molar-refractivity contribution is 6.03. The van der Waals surface area contributed by atoms with E-state index in [2.05, 4.69) is 20.2 Å². The third-order valence-corrected chi connectivity index (χ3v) is 3.06. The number of benzene rings is 1. The molecule has 1 aromatic heterocycles. The number of carbonyl (C=O) groups excluding carboxylic acids is 1. The van der Waals surface area contributed by atoms with Gasteiger partial charge < -0.3 is 15.2 Å². The normalized spacial score (nSPS) is 13.5. The third kappa shape index (κ3) is 1.46. The molecule has 0 unspecified atom stereocenters. The third-order valence-electron chi connectivity index (χ3n) is 3.06. The maximum absolute atomic E-state index is 11.2. The van der Waals surface area contributed by atoms with Crippen molar-refractivity contribution in [1.29, 1.82) is 0 Å². The van der Waals surface area contributed by atoms with E-state index in [9.17, 15) is 4.79 Å². The maximum Gasteiger partial charge on any atom is 0.221 e. The second kappa shape index (κ2) is 3.48. The Balaban J connectivity index is 2.31. The highest BCUT2D eigenvalue weighted by atomic mass is 16.1. The minimum absolute atomic E-state index is 0.0536. The topological polar surface area (TPSA) is 59.0 Å². The highest BCUT2D eigenvalue weighted by Crippen LogP contribution is 2.36. The summed E-state index contributed by atoms with van der Waals surface area (Å²) in [6.07, 6.45) is 1.85. The second-order valence-corrected chi connectivity index (χ2v) is 4.36. The van der Waals surface area contributed by atoms with Gasteiger partial charge in [0, 0.05) is 20.0 Å². The molecule has 0 aliphatic carbocycles. The van der Waals surface area contributed by atoms with Crippen LogP contribution in [0.2, 0.25) is 0 Å². The van der Waals surface area contributed by atoms with Crippen LogP contribution in [-0.4, -0.2) is 22.0 Å². The Morgan fingerprint density at radius 2 is 2.41 bits per heavy atom. The molecule has 0 saturated heterocycles.